The van der Waals surface area contributed by atoms with Gasteiger partial charge in [-0.15, -0.1) is 0 Å². The third kappa shape index (κ3) is 3.81. The summed E-state index contributed by atoms with van der Waals surface area (Å²) >= 11 is 0. The van der Waals surface area contributed by atoms with Crippen LogP contribution < -0.4 is 5.32 Å². The van der Waals surface area contributed by atoms with E-state index in [2.05, 4.69) is 19.2 Å². The van der Waals surface area contributed by atoms with Crippen LogP contribution in [0.5, 0.6) is 0 Å². The van der Waals surface area contributed by atoms with Crippen molar-refractivity contribution in [2.45, 2.75) is 45.6 Å². The van der Waals surface area contributed by atoms with Gasteiger partial charge in [-0.05, 0) is 55.8 Å². The molecule has 18 heavy (non-hydrogen) atoms. The molecule has 1 aromatic rings. The summed E-state index contributed by atoms with van der Waals surface area (Å²) in [4.78, 5) is 0. The molecule has 0 unspecified atom stereocenters. The van der Waals surface area contributed by atoms with E-state index in [9.17, 15) is 4.39 Å². The first-order chi connectivity index (χ1) is 8.65. The highest BCUT2D eigenvalue weighted by atomic mass is 19.1. The molecule has 2 heteroatoms. The van der Waals surface area contributed by atoms with Crippen molar-refractivity contribution in [1.82, 2.24) is 5.32 Å². The molecule has 0 aromatic heterocycles. The summed E-state index contributed by atoms with van der Waals surface area (Å²) in [7, 11) is 0. The van der Waals surface area contributed by atoms with E-state index in [4.69, 9.17) is 0 Å². The quantitative estimate of drug-likeness (QED) is 0.838. The fraction of sp³-hybridized carbons (Fsp3) is 0.625. The second kappa shape index (κ2) is 6.33. The van der Waals surface area contributed by atoms with Crippen LogP contribution in [0.2, 0.25) is 0 Å². The summed E-state index contributed by atoms with van der Waals surface area (Å²) in [6.45, 7) is 5.52. The molecule has 1 fully saturated rings. The molecule has 1 nitrogen and oxygen atoms in total. The number of halogens is 1. The molecule has 0 saturated heterocycles. The lowest BCUT2D eigenvalue weighted by atomic mass is 9.83. The lowest BCUT2D eigenvalue weighted by molar-refractivity contribution is 0.276. The molecular weight excluding hydrogens is 225 g/mol. The maximum Gasteiger partial charge on any atom is 0.123 e. The van der Waals surface area contributed by atoms with Gasteiger partial charge >= 0.3 is 0 Å². The minimum absolute atomic E-state index is 0.146. The Morgan fingerprint density at radius 3 is 2.67 bits per heavy atom. The first-order valence-electron chi connectivity index (χ1n) is 7.14. The van der Waals surface area contributed by atoms with Crippen LogP contribution in [0.15, 0.2) is 24.3 Å². The van der Waals surface area contributed by atoms with E-state index in [1.807, 2.05) is 6.07 Å². The summed E-state index contributed by atoms with van der Waals surface area (Å²) < 4.78 is 13.1. The Labute approximate surface area is 110 Å². The van der Waals surface area contributed by atoms with Crippen molar-refractivity contribution in [3.05, 3.63) is 35.6 Å². The lowest BCUT2D eigenvalue weighted by Gasteiger charge is -2.27. The first-order valence-corrected chi connectivity index (χ1v) is 7.14. The van der Waals surface area contributed by atoms with Crippen molar-refractivity contribution in [3.63, 3.8) is 0 Å². The van der Waals surface area contributed by atoms with Crippen LogP contribution in [0.3, 0.4) is 0 Å². The van der Waals surface area contributed by atoms with E-state index in [-0.39, 0.29) is 11.9 Å². The molecule has 1 atom stereocenters. The van der Waals surface area contributed by atoms with Crippen LogP contribution in [-0.2, 0) is 0 Å². The topological polar surface area (TPSA) is 12.0 Å². The van der Waals surface area contributed by atoms with Gasteiger partial charge in [0.05, 0.1) is 0 Å². The summed E-state index contributed by atoms with van der Waals surface area (Å²) in [5, 5.41) is 3.54. The summed E-state index contributed by atoms with van der Waals surface area (Å²) in [5.74, 6) is 1.56. The SMILES string of the molecule is CC1CCC(CN[C@H](C)c2cccc(F)c2)CC1. The number of rotatable bonds is 4. The highest BCUT2D eigenvalue weighted by Gasteiger charge is 2.18. The highest BCUT2D eigenvalue weighted by Crippen LogP contribution is 2.28. The van der Waals surface area contributed by atoms with E-state index in [0.717, 1.165) is 23.9 Å². The second-order valence-electron chi connectivity index (χ2n) is 5.81. The van der Waals surface area contributed by atoms with Crippen LogP contribution in [0.1, 0.15) is 51.1 Å². The Kier molecular flexibility index (Phi) is 4.76. The second-order valence-corrected chi connectivity index (χ2v) is 5.81. The predicted molar refractivity (Wildman–Crippen MR) is 73.9 cm³/mol. The van der Waals surface area contributed by atoms with Gasteiger partial charge in [-0.1, -0.05) is 31.9 Å². The third-order valence-electron chi connectivity index (χ3n) is 4.20. The summed E-state index contributed by atoms with van der Waals surface area (Å²) in [6, 6.07) is 7.13. The smallest absolute Gasteiger partial charge is 0.123 e. The molecule has 0 radical (unpaired) electrons. The molecule has 2 rings (SSSR count). The fourth-order valence-corrected chi connectivity index (χ4v) is 2.77. The van der Waals surface area contributed by atoms with Crippen LogP contribution in [0.25, 0.3) is 0 Å². The summed E-state index contributed by atoms with van der Waals surface area (Å²) in [5.41, 5.74) is 1.04. The lowest BCUT2D eigenvalue weighted by Crippen LogP contribution is -2.28. The molecule has 0 aliphatic heterocycles. The third-order valence-corrected chi connectivity index (χ3v) is 4.20. The van der Waals surface area contributed by atoms with Crippen LogP contribution in [0, 0.1) is 17.7 Å². The highest BCUT2D eigenvalue weighted by molar-refractivity contribution is 5.19. The minimum Gasteiger partial charge on any atom is -0.310 e. The number of benzene rings is 1. The Hall–Kier alpha value is -0.890. The Morgan fingerprint density at radius 2 is 2.00 bits per heavy atom. The van der Waals surface area contributed by atoms with Gasteiger partial charge in [-0.25, -0.2) is 4.39 Å². The summed E-state index contributed by atoms with van der Waals surface area (Å²) in [6.07, 6.45) is 5.40. The predicted octanol–water partition coefficient (Wildman–Crippen LogP) is 4.30. The van der Waals surface area contributed by atoms with Gasteiger partial charge in [-0.2, -0.15) is 0 Å². The van der Waals surface area contributed by atoms with Crippen molar-refractivity contribution in [2.75, 3.05) is 6.54 Å². The van der Waals surface area contributed by atoms with Crippen molar-refractivity contribution >= 4 is 0 Å². The maximum absolute atomic E-state index is 13.1. The van der Waals surface area contributed by atoms with E-state index >= 15 is 0 Å². The van der Waals surface area contributed by atoms with Gasteiger partial charge in [0.15, 0.2) is 0 Å². The molecule has 0 heterocycles. The Balaban J connectivity index is 1.79. The van der Waals surface area contributed by atoms with E-state index in [0.29, 0.717) is 0 Å². The molecule has 1 N–H and O–H groups in total. The molecule has 100 valence electrons. The maximum atomic E-state index is 13.1. The average Bonchev–Trinajstić information content (AvgIpc) is 2.38. The number of nitrogens with one attached hydrogen (secondary N) is 1. The molecule has 1 aliphatic carbocycles. The zero-order valence-electron chi connectivity index (χ0n) is 11.5. The van der Waals surface area contributed by atoms with Crippen molar-refractivity contribution in [3.8, 4) is 0 Å². The van der Waals surface area contributed by atoms with Gasteiger partial charge in [-0.3, -0.25) is 0 Å². The molecule has 1 aliphatic rings. The van der Waals surface area contributed by atoms with Crippen molar-refractivity contribution in [2.24, 2.45) is 11.8 Å². The molecule has 0 bridgehead atoms. The monoisotopic (exact) mass is 249 g/mol. The van der Waals surface area contributed by atoms with Crippen molar-refractivity contribution < 1.29 is 4.39 Å². The van der Waals surface area contributed by atoms with E-state index < -0.39 is 0 Å². The number of hydrogen-bond donors (Lipinski definition) is 1. The normalized spacial score (nSPS) is 25.9. The van der Waals surface area contributed by atoms with Gasteiger partial charge in [0.1, 0.15) is 5.82 Å². The van der Waals surface area contributed by atoms with Crippen LogP contribution in [-0.4, -0.2) is 6.54 Å². The van der Waals surface area contributed by atoms with Gasteiger partial charge < -0.3 is 5.32 Å². The molecular formula is C16H24FN. The van der Waals surface area contributed by atoms with Gasteiger partial charge in [0, 0.05) is 6.04 Å². The standard InChI is InChI=1S/C16H24FN/c1-12-6-8-14(9-7-12)11-18-13(2)15-4-3-5-16(17)10-15/h3-5,10,12-14,18H,6-9,11H2,1-2H3/t12?,13-,14?/m1/s1. The van der Waals surface area contributed by atoms with Gasteiger partial charge in [0.25, 0.3) is 0 Å². The van der Waals surface area contributed by atoms with E-state index in [1.165, 1.54) is 31.7 Å². The number of hydrogen-bond acceptors (Lipinski definition) is 1. The average molecular weight is 249 g/mol. The molecule has 1 saturated carbocycles. The van der Waals surface area contributed by atoms with Crippen molar-refractivity contribution in [1.29, 1.82) is 0 Å². The van der Waals surface area contributed by atoms with Crippen LogP contribution >= 0.6 is 0 Å². The molecule has 1 aromatic carbocycles. The van der Waals surface area contributed by atoms with E-state index in [1.54, 1.807) is 12.1 Å². The fourth-order valence-electron chi connectivity index (χ4n) is 2.77. The van der Waals surface area contributed by atoms with Crippen LogP contribution in [0.4, 0.5) is 4.39 Å². The minimum atomic E-state index is -0.146. The zero-order chi connectivity index (χ0) is 13.0. The zero-order valence-corrected chi connectivity index (χ0v) is 11.5. The Bertz CT molecular complexity index is 369. The molecule has 0 spiro atoms. The molecule has 0 amide bonds. The van der Waals surface area contributed by atoms with Gasteiger partial charge in [0.2, 0.25) is 0 Å². The first kappa shape index (κ1) is 13.5. The Morgan fingerprint density at radius 1 is 1.28 bits per heavy atom. The largest absolute Gasteiger partial charge is 0.310 e.